The van der Waals surface area contributed by atoms with Crippen LogP contribution in [0.25, 0.3) is 0 Å². The molecule has 0 saturated carbocycles. The first kappa shape index (κ1) is 13.7. The average Bonchev–Trinajstić information content (AvgIpc) is 2.71. The first-order chi connectivity index (χ1) is 8.91. The van der Waals surface area contributed by atoms with Gasteiger partial charge in [0.1, 0.15) is 5.82 Å². The number of benzene rings is 1. The number of hydrogen-bond acceptors (Lipinski definition) is 3. The summed E-state index contributed by atoms with van der Waals surface area (Å²) in [7, 11) is 0. The van der Waals surface area contributed by atoms with Crippen LogP contribution in [-0.4, -0.2) is 5.11 Å². The minimum Gasteiger partial charge on any atom is -0.395 e. The predicted molar refractivity (Wildman–Crippen MR) is 78.8 cm³/mol. The maximum atomic E-state index is 13.5. The number of nitrogens with two attached hydrogens (primary N) is 2. The first-order valence-electron chi connectivity index (χ1n) is 5.28. The number of thiocarbonyl (C=S) groups is 1. The molecule has 0 aliphatic heterocycles. The normalized spacial score (nSPS) is 10.5. The Morgan fingerprint density at radius 3 is 2.47 bits per heavy atom. The summed E-state index contributed by atoms with van der Waals surface area (Å²) in [6, 6.07) is 1.83. The molecule has 0 aliphatic rings. The topological polar surface area (TPSA) is 55.3 Å². The van der Waals surface area contributed by atoms with Crippen molar-refractivity contribution in [2.24, 2.45) is 5.73 Å². The number of hydrogen-bond donors (Lipinski definition) is 2. The van der Waals surface area contributed by atoms with Crippen molar-refractivity contribution in [2.45, 2.75) is 6.92 Å². The molecule has 0 unspecified atom stereocenters. The molecule has 19 heavy (non-hydrogen) atoms. The monoisotopic (exact) mass is 299 g/mol. The minimum absolute atomic E-state index is 0.0294. The summed E-state index contributed by atoms with van der Waals surface area (Å²) in [5.74, 6) is -1.58. The molecule has 1 aromatic heterocycles. The molecule has 3 nitrogen and oxygen atoms in total. The zero-order chi connectivity index (χ0) is 14.2. The summed E-state index contributed by atoms with van der Waals surface area (Å²) in [6.07, 6.45) is 0. The molecule has 2 aromatic rings. The lowest BCUT2D eigenvalue weighted by atomic mass is 10.2. The van der Waals surface area contributed by atoms with E-state index in [9.17, 15) is 8.78 Å². The van der Waals surface area contributed by atoms with Crippen LogP contribution < -0.4 is 16.4 Å². The minimum atomic E-state index is -0.843. The highest BCUT2D eigenvalue weighted by Crippen LogP contribution is 2.36. The fourth-order valence-corrected chi connectivity index (χ4v) is 2.72. The Balaban J connectivity index is 2.65. The van der Waals surface area contributed by atoms with Gasteiger partial charge in [-0.3, -0.25) is 4.90 Å². The highest BCUT2D eigenvalue weighted by molar-refractivity contribution is 7.80. The van der Waals surface area contributed by atoms with Crippen molar-refractivity contribution in [3.8, 4) is 0 Å². The van der Waals surface area contributed by atoms with E-state index in [1.54, 1.807) is 5.38 Å². The highest BCUT2D eigenvalue weighted by Gasteiger charge is 2.20. The molecule has 0 amide bonds. The van der Waals surface area contributed by atoms with E-state index in [2.05, 4.69) is 0 Å². The Morgan fingerprint density at radius 1 is 1.26 bits per heavy atom. The van der Waals surface area contributed by atoms with E-state index in [1.807, 2.05) is 12.3 Å². The van der Waals surface area contributed by atoms with Crippen LogP contribution >= 0.6 is 23.6 Å². The van der Waals surface area contributed by atoms with E-state index in [1.165, 1.54) is 16.2 Å². The van der Waals surface area contributed by atoms with Crippen LogP contribution in [0.4, 0.5) is 25.8 Å². The van der Waals surface area contributed by atoms with Crippen LogP contribution in [0.15, 0.2) is 22.9 Å². The third-order valence-corrected chi connectivity index (χ3v) is 3.63. The van der Waals surface area contributed by atoms with Crippen molar-refractivity contribution in [1.29, 1.82) is 0 Å². The molecular formula is C12H11F2N3S2. The highest BCUT2D eigenvalue weighted by atomic mass is 32.1. The largest absolute Gasteiger partial charge is 0.395 e. The SMILES string of the molecule is Cc1cscc1N(C(N)=S)c1cc(F)cc(F)c1N. The summed E-state index contributed by atoms with van der Waals surface area (Å²) in [6.45, 7) is 1.85. The van der Waals surface area contributed by atoms with E-state index in [0.29, 0.717) is 5.69 Å². The standard InChI is InChI=1S/C12H11F2N3S2/c1-6-4-19-5-10(6)17(12(16)18)9-3-7(13)2-8(14)11(9)15/h2-5H,15H2,1H3,(H2,16,18). The number of nitrogens with zero attached hydrogens (tertiary/aromatic N) is 1. The van der Waals surface area contributed by atoms with Crippen molar-refractivity contribution in [2.75, 3.05) is 10.6 Å². The van der Waals surface area contributed by atoms with Crippen molar-refractivity contribution >= 4 is 45.7 Å². The molecule has 0 atom stereocenters. The Kier molecular flexibility index (Phi) is 3.68. The van der Waals surface area contributed by atoms with Crippen LogP contribution in [0, 0.1) is 18.6 Å². The lowest BCUT2D eigenvalue weighted by Gasteiger charge is -2.24. The smallest absolute Gasteiger partial charge is 0.175 e. The number of rotatable bonds is 2. The molecule has 0 fully saturated rings. The second kappa shape index (κ2) is 5.10. The number of halogens is 2. The fourth-order valence-electron chi connectivity index (χ4n) is 1.71. The number of nitrogen functional groups attached to an aromatic ring is 1. The van der Waals surface area contributed by atoms with Crippen LogP contribution in [0.2, 0.25) is 0 Å². The Bertz CT molecular complexity index is 640. The van der Waals surface area contributed by atoms with E-state index in [-0.39, 0.29) is 16.5 Å². The molecule has 4 N–H and O–H groups in total. The summed E-state index contributed by atoms with van der Waals surface area (Å²) in [4.78, 5) is 1.36. The molecule has 2 rings (SSSR count). The van der Waals surface area contributed by atoms with Crippen LogP contribution in [0.3, 0.4) is 0 Å². The van der Waals surface area contributed by atoms with E-state index in [0.717, 1.165) is 17.7 Å². The van der Waals surface area contributed by atoms with Gasteiger partial charge in [0.25, 0.3) is 0 Å². The molecule has 0 aliphatic carbocycles. The number of aryl methyl sites for hydroxylation is 1. The Labute approximate surface area is 118 Å². The maximum Gasteiger partial charge on any atom is 0.175 e. The third-order valence-electron chi connectivity index (χ3n) is 2.60. The Morgan fingerprint density at radius 2 is 1.95 bits per heavy atom. The van der Waals surface area contributed by atoms with Gasteiger partial charge in [-0.15, -0.1) is 11.3 Å². The van der Waals surface area contributed by atoms with Crippen LogP contribution in [0.5, 0.6) is 0 Å². The van der Waals surface area contributed by atoms with Gasteiger partial charge in [-0.25, -0.2) is 8.78 Å². The lowest BCUT2D eigenvalue weighted by molar-refractivity contribution is 0.587. The molecule has 0 spiro atoms. The third kappa shape index (κ3) is 2.52. The van der Waals surface area contributed by atoms with Gasteiger partial charge >= 0.3 is 0 Å². The predicted octanol–water partition coefficient (Wildman–Crippen LogP) is 3.30. The molecule has 7 heteroatoms. The van der Waals surface area contributed by atoms with Gasteiger partial charge in [0, 0.05) is 17.5 Å². The molecule has 0 bridgehead atoms. The molecule has 1 aromatic carbocycles. The van der Waals surface area contributed by atoms with Crippen LogP contribution in [0.1, 0.15) is 5.56 Å². The van der Waals surface area contributed by atoms with Gasteiger partial charge in [-0.05, 0) is 30.1 Å². The van der Waals surface area contributed by atoms with Crippen molar-refractivity contribution < 1.29 is 8.78 Å². The van der Waals surface area contributed by atoms with E-state index in [4.69, 9.17) is 23.7 Å². The van der Waals surface area contributed by atoms with Gasteiger partial charge < -0.3 is 11.5 Å². The summed E-state index contributed by atoms with van der Waals surface area (Å²) >= 11 is 6.40. The zero-order valence-electron chi connectivity index (χ0n) is 9.98. The molecular weight excluding hydrogens is 288 g/mol. The average molecular weight is 299 g/mol. The molecule has 100 valence electrons. The van der Waals surface area contributed by atoms with Gasteiger partial charge in [-0.2, -0.15) is 0 Å². The Hall–Kier alpha value is -1.73. The number of anilines is 3. The molecule has 0 radical (unpaired) electrons. The fraction of sp³-hybridized carbons (Fsp3) is 0.0833. The lowest BCUT2D eigenvalue weighted by Crippen LogP contribution is -2.32. The van der Waals surface area contributed by atoms with E-state index < -0.39 is 11.6 Å². The summed E-state index contributed by atoms with van der Waals surface area (Å²) in [5, 5.41) is 3.64. The summed E-state index contributed by atoms with van der Waals surface area (Å²) in [5.41, 5.74) is 12.8. The maximum absolute atomic E-state index is 13.5. The van der Waals surface area contributed by atoms with Crippen molar-refractivity contribution in [3.63, 3.8) is 0 Å². The molecule has 1 heterocycles. The van der Waals surface area contributed by atoms with Crippen molar-refractivity contribution in [1.82, 2.24) is 0 Å². The van der Waals surface area contributed by atoms with Gasteiger partial charge in [0.2, 0.25) is 0 Å². The quantitative estimate of drug-likeness (QED) is 0.660. The van der Waals surface area contributed by atoms with Gasteiger partial charge in [-0.1, -0.05) is 0 Å². The molecule has 0 saturated heterocycles. The van der Waals surface area contributed by atoms with E-state index >= 15 is 0 Å². The van der Waals surface area contributed by atoms with Crippen molar-refractivity contribution in [3.05, 3.63) is 40.1 Å². The zero-order valence-corrected chi connectivity index (χ0v) is 11.6. The van der Waals surface area contributed by atoms with Crippen LogP contribution in [-0.2, 0) is 0 Å². The first-order valence-corrected chi connectivity index (χ1v) is 6.63. The van der Waals surface area contributed by atoms with Gasteiger partial charge in [0.15, 0.2) is 10.9 Å². The second-order valence-corrected chi connectivity index (χ2v) is 5.10. The summed E-state index contributed by atoms with van der Waals surface area (Å²) < 4.78 is 26.9. The van der Waals surface area contributed by atoms with Gasteiger partial charge in [0.05, 0.1) is 17.1 Å². The second-order valence-electron chi connectivity index (χ2n) is 3.93. The number of thiophene rings is 1.